The molecule has 2 rings (SSSR count). The van der Waals surface area contributed by atoms with Crippen molar-refractivity contribution in [3.63, 3.8) is 0 Å². The zero-order valence-electron chi connectivity index (χ0n) is 12.7. The minimum atomic E-state index is -3.22. The molecule has 0 radical (unpaired) electrons. The summed E-state index contributed by atoms with van der Waals surface area (Å²) >= 11 is 0. The van der Waals surface area contributed by atoms with Crippen LogP contribution in [0.2, 0.25) is 0 Å². The van der Waals surface area contributed by atoms with Crippen molar-refractivity contribution in [1.29, 1.82) is 0 Å². The molecule has 9 heteroatoms. The molecule has 0 amide bonds. The molecule has 0 spiro atoms. The third-order valence-corrected chi connectivity index (χ3v) is 3.46. The minimum absolute atomic E-state index is 0.288. The topological polar surface area (TPSA) is 153 Å². The lowest BCUT2D eigenvalue weighted by atomic mass is 10.0. The lowest BCUT2D eigenvalue weighted by Gasteiger charge is -2.23. The van der Waals surface area contributed by atoms with Crippen molar-refractivity contribution in [2.24, 2.45) is 5.11 Å². The molecule has 0 fully saturated rings. The number of rotatable bonds is 6. The predicted octanol–water partition coefficient (Wildman–Crippen LogP) is 0.809. The highest BCUT2D eigenvalue weighted by molar-refractivity contribution is 5.79. The van der Waals surface area contributed by atoms with E-state index in [0.717, 1.165) is 12.1 Å². The number of hydrogen-bond donors (Lipinski definition) is 4. The largest absolute Gasteiger partial charge is 0.597 e. The maximum absolute atomic E-state index is 12.3. The van der Waals surface area contributed by atoms with E-state index < -0.39 is 28.2 Å². The molecular formula is C16H14N2O7. The van der Waals surface area contributed by atoms with Crippen LogP contribution < -0.4 is 0 Å². The Morgan fingerprint density at radius 2 is 1.28 bits per heavy atom. The Kier molecular flexibility index (Phi) is 4.82. The maximum Gasteiger partial charge on any atom is 0.425 e. The first kappa shape index (κ1) is 18.0. The van der Waals surface area contributed by atoms with Crippen molar-refractivity contribution < 1.29 is 34.9 Å². The monoisotopic (exact) mass is 346 g/mol. The number of aliphatic hydroxyl groups is 2. The SMILES string of the molecule is O=C(O)C(O)(N=[N+]([O-])C(O)(C(=O)O)c1ccccc1)c1ccccc1. The van der Waals surface area contributed by atoms with Gasteiger partial charge in [-0.2, -0.15) is 0 Å². The van der Waals surface area contributed by atoms with Crippen LogP contribution in [0.25, 0.3) is 0 Å². The first-order valence-electron chi connectivity index (χ1n) is 6.95. The van der Waals surface area contributed by atoms with E-state index in [-0.39, 0.29) is 11.1 Å². The number of nitrogens with zero attached hydrogens (tertiary/aromatic N) is 2. The van der Waals surface area contributed by atoms with Gasteiger partial charge in [-0.25, -0.2) is 9.59 Å². The number of azo groups is 1. The highest BCUT2D eigenvalue weighted by atomic mass is 16.6. The molecule has 0 aliphatic heterocycles. The summed E-state index contributed by atoms with van der Waals surface area (Å²) in [5.41, 5.74) is -6.95. The summed E-state index contributed by atoms with van der Waals surface area (Å²) in [6.45, 7) is 0. The van der Waals surface area contributed by atoms with E-state index >= 15 is 0 Å². The molecule has 2 aromatic rings. The second-order valence-corrected chi connectivity index (χ2v) is 5.06. The molecule has 0 heterocycles. The molecule has 0 aliphatic carbocycles. The normalized spacial score (nSPS) is 16.5. The van der Waals surface area contributed by atoms with Crippen LogP contribution in [0, 0.1) is 5.21 Å². The Morgan fingerprint density at radius 3 is 1.68 bits per heavy atom. The van der Waals surface area contributed by atoms with Gasteiger partial charge in [0.1, 0.15) is 0 Å². The molecule has 0 saturated heterocycles. The summed E-state index contributed by atoms with van der Waals surface area (Å²) in [6.07, 6.45) is 0. The van der Waals surface area contributed by atoms with E-state index in [1.165, 1.54) is 48.5 Å². The van der Waals surface area contributed by atoms with E-state index in [1.54, 1.807) is 0 Å². The lowest BCUT2D eigenvalue weighted by molar-refractivity contribution is -0.662. The summed E-state index contributed by atoms with van der Waals surface area (Å²) in [5, 5.41) is 54.5. The van der Waals surface area contributed by atoms with Crippen LogP contribution in [0.3, 0.4) is 0 Å². The van der Waals surface area contributed by atoms with Gasteiger partial charge in [-0.1, -0.05) is 48.5 Å². The van der Waals surface area contributed by atoms with Gasteiger partial charge in [0.05, 0.1) is 5.56 Å². The summed E-state index contributed by atoms with van der Waals surface area (Å²) < 4.78 is 0. The Balaban J connectivity index is 2.63. The van der Waals surface area contributed by atoms with Gasteiger partial charge in [-0.15, -0.1) is 0 Å². The predicted molar refractivity (Wildman–Crippen MR) is 82.0 cm³/mol. The molecule has 2 aromatic carbocycles. The fourth-order valence-corrected chi connectivity index (χ4v) is 2.08. The fourth-order valence-electron chi connectivity index (χ4n) is 2.08. The molecule has 2 unspecified atom stereocenters. The molecule has 9 nitrogen and oxygen atoms in total. The van der Waals surface area contributed by atoms with Crippen LogP contribution in [-0.4, -0.2) is 37.2 Å². The van der Waals surface area contributed by atoms with Crippen molar-refractivity contribution >= 4 is 11.9 Å². The molecule has 0 aromatic heterocycles. The number of carboxylic acids is 2. The highest BCUT2D eigenvalue weighted by Gasteiger charge is 2.53. The molecule has 4 N–H and O–H groups in total. The standard InChI is InChI=1S/C16H14N2O7/c19-13(20)15(23,11-7-3-1-4-8-11)17-18(25)16(24,14(21)22)12-9-5-2-6-10-12/h1-10,23-24H,(H,19,20)(H,21,22). The molecule has 25 heavy (non-hydrogen) atoms. The number of benzene rings is 2. The van der Waals surface area contributed by atoms with Crippen molar-refractivity contribution in [3.8, 4) is 0 Å². The second kappa shape index (κ2) is 6.67. The van der Waals surface area contributed by atoms with Gasteiger partial charge < -0.3 is 25.6 Å². The van der Waals surface area contributed by atoms with Crippen LogP contribution >= 0.6 is 0 Å². The van der Waals surface area contributed by atoms with Gasteiger partial charge in [-0.3, -0.25) is 0 Å². The Morgan fingerprint density at radius 1 is 0.840 bits per heavy atom. The average Bonchev–Trinajstić information content (AvgIpc) is 2.61. The molecule has 0 saturated carbocycles. The smallest absolute Gasteiger partial charge is 0.425 e. The molecule has 0 bridgehead atoms. The van der Waals surface area contributed by atoms with E-state index in [0.29, 0.717) is 0 Å². The average molecular weight is 346 g/mol. The van der Waals surface area contributed by atoms with Crippen LogP contribution in [0.15, 0.2) is 65.8 Å². The fraction of sp³-hybridized carbons (Fsp3) is 0.125. The van der Waals surface area contributed by atoms with Crippen LogP contribution in [0.4, 0.5) is 0 Å². The van der Waals surface area contributed by atoms with Crippen molar-refractivity contribution in [3.05, 3.63) is 77.0 Å². The van der Waals surface area contributed by atoms with Gasteiger partial charge in [0.2, 0.25) is 0 Å². The van der Waals surface area contributed by atoms with Gasteiger partial charge >= 0.3 is 23.4 Å². The Labute approximate surface area is 141 Å². The maximum atomic E-state index is 12.3. The van der Waals surface area contributed by atoms with Crippen LogP contribution in [-0.2, 0) is 21.0 Å². The third-order valence-electron chi connectivity index (χ3n) is 3.46. The molecule has 0 aliphatic rings. The highest BCUT2D eigenvalue weighted by Crippen LogP contribution is 2.28. The van der Waals surface area contributed by atoms with E-state index in [9.17, 15) is 35.2 Å². The lowest BCUT2D eigenvalue weighted by Crippen LogP contribution is -2.46. The van der Waals surface area contributed by atoms with Crippen LogP contribution in [0.5, 0.6) is 0 Å². The van der Waals surface area contributed by atoms with Crippen LogP contribution in [0.1, 0.15) is 11.1 Å². The van der Waals surface area contributed by atoms with E-state index in [4.69, 9.17) is 0 Å². The number of aliphatic carboxylic acids is 2. The number of hydrogen-bond acceptors (Lipinski definition) is 6. The Bertz CT molecular complexity index is 810. The van der Waals surface area contributed by atoms with Gasteiger partial charge in [0.25, 0.3) is 0 Å². The number of carbonyl (C=O) groups is 2. The van der Waals surface area contributed by atoms with Crippen molar-refractivity contribution in [1.82, 2.24) is 0 Å². The van der Waals surface area contributed by atoms with E-state index in [2.05, 4.69) is 5.11 Å². The second-order valence-electron chi connectivity index (χ2n) is 5.06. The van der Waals surface area contributed by atoms with Crippen molar-refractivity contribution in [2.45, 2.75) is 11.4 Å². The zero-order chi connectivity index (χ0) is 18.7. The third kappa shape index (κ3) is 3.18. The van der Waals surface area contributed by atoms with Gasteiger partial charge in [0.15, 0.2) is 0 Å². The van der Waals surface area contributed by atoms with Crippen molar-refractivity contribution in [2.75, 3.05) is 0 Å². The van der Waals surface area contributed by atoms with E-state index in [1.807, 2.05) is 0 Å². The number of hydroxylamine groups is 1. The van der Waals surface area contributed by atoms with Gasteiger partial charge in [-0.05, 0) is 17.0 Å². The first-order valence-corrected chi connectivity index (χ1v) is 6.95. The summed E-state index contributed by atoms with van der Waals surface area (Å²) in [5.74, 6) is -3.90. The Hall–Kier alpha value is -3.30. The number of carboxylic acid groups (broad SMARTS) is 2. The molecule has 2 atom stereocenters. The first-order chi connectivity index (χ1) is 11.7. The minimum Gasteiger partial charge on any atom is -0.597 e. The quantitative estimate of drug-likeness (QED) is 0.261. The molecular weight excluding hydrogens is 332 g/mol. The summed E-state index contributed by atoms with van der Waals surface area (Å²) in [6, 6.07) is 13.3. The van der Waals surface area contributed by atoms with Gasteiger partial charge in [0, 0.05) is 10.7 Å². The summed E-state index contributed by atoms with van der Waals surface area (Å²) in [4.78, 5) is 22.2. The molecule has 130 valence electrons. The zero-order valence-corrected chi connectivity index (χ0v) is 12.7. The summed E-state index contributed by atoms with van der Waals surface area (Å²) in [7, 11) is 0.